The number of rotatable bonds is 5. The molecule has 1 aliphatic rings. The highest BCUT2D eigenvalue weighted by Gasteiger charge is 2.24. The molecular formula is C17H16Cl2N2O. The average molecular weight is 335 g/mol. The first-order valence-electron chi connectivity index (χ1n) is 7.21. The van der Waals surface area contributed by atoms with Gasteiger partial charge in [-0.25, -0.2) is 0 Å². The van der Waals surface area contributed by atoms with E-state index in [2.05, 4.69) is 10.6 Å². The van der Waals surface area contributed by atoms with Gasteiger partial charge >= 0.3 is 0 Å². The minimum atomic E-state index is -0.106. The summed E-state index contributed by atoms with van der Waals surface area (Å²) < 4.78 is 0. The predicted molar refractivity (Wildman–Crippen MR) is 90.7 cm³/mol. The summed E-state index contributed by atoms with van der Waals surface area (Å²) >= 11 is 12.3. The molecule has 5 heteroatoms. The van der Waals surface area contributed by atoms with Crippen LogP contribution in [0.2, 0.25) is 10.0 Å². The van der Waals surface area contributed by atoms with Crippen molar-refractivity contribution in [1.82, 2.24) is 5.32 Å². The van der Waals surface area contributed by atoms with Crippen molar-refractivity contribution in [3.63, 3.8) is 0 Å². The van der Waals surface area contributed by atoms with E-state index >= 15 is 0 Å². The molecule has 0 spiro atoms. The third-order valence-corrected chi connectivity index (χ3v) is 4.25. The number of nitrogens with one attached hydrogen (secondary N) is 2. The summed E-state index contributed by atoms with van der Waals surface area (Å²) in [5, 5.41) is 7.37. The second-order valence-electron chi connectivity index (χ2n) is 5.39. The molecule has 0 atom stereocenters. The predicted octanol–water partition coefficient (Wildman–Crippen LogP) is 4.50. The Bertz CT molecular complexity index is 699. The Morgan fingerprint density at radius 2 is 1.86 bits per heavy atom. The third kappa shape index (κ3) is 3.73. The van der Waals surface area contributed by atoms with Crippen molar-refractivity contribution in [3.8, 4) is 0 Å². The summed E-state index contributed by atoms with van der Waals surface area (Å²) in [5.74, 6) is -0.106. The molecule has 1 aliphatic carbocycles. The number of benzene rings is 2. The van der Waals surface area contributed by atoms with Crippen LogP contribution < -0.4 is 10.6 Å². The summed E-state index contributed by atoms with van der Waals surface area (Å²) in [6, 6.07) is 13.4. The molecular weight excluding hydrogens is 319 g/mol. The maximum absolute atomic E-state index is 12.0. The third-order valence-electron chi connectivity index (χ3n) is 3.57. The zero-order valence-electron chi connectivity index (χ0n) is 11.9. The van der Waals surface area contributed by atoms with E-state index < -0.39 is 0 Å². The van der Waals surface area contributed by atoms with E-state index in [4.69, 9.17) is 23.2 Å². The molecule has 0 bridgehead atoms. The van der Waals surface area contributed by atoms with E-state index in [1.54, 1.807) is 12.1 Å². The van der Waals surface area contributed by atoms with Crippen LogP contribution in [0.25, 0.3) is 0 Å². The lowest BCUT2D eigenvalue weighted by Crippen LogP contribution is -2.25. The highest BCUT2D eigenvalue weighted by molar-refractivity contribution is 6.34. The van der Waals surface area contributed by atoms with Crippen molar-refractivity contribution in [1.29, 1.82) is 0 Å². The van der Waals surface area contributed by atoms with Crippen LogP contribution in [0.5, 0.6) is 0 Å². The highest BCUT2D eigenvalue weighted by atomic mass is 35.5. The molecule has 22 heavy (non-hydrogen) atoms. The summed E-state index contributed by atoms with van der Waals surface area (Å²) in [4.78, 5) is 12.0. The molecule has 1 fully saturated rings. The summed E-state index contributed by atoms with van der Waals surface area (Å²) in [6.07, 6.45) is 2.11. The smallest absolute Gasteiger partial charge is 0.253 e. The summed E-state index contributed by atoms with van der Waals surface area (Å²) in [5.41, 5.74) is 2.38. The molecule has 2 aromatic carbocycles. The van der Waals surface area contributed by atoms with Crippen LogP contribution in [0, 0.1) is 0 Å². The van der Waals surface area contributed by atoms with Crippen LogP contribution in [0.1, 0.15) is 28.8 Å². The fourth-order valence-corrected chi connectivity index (χ4v) is 2.61. The molecule has 114 valence electrons. The van der Waals surface area contributed by atoms with Crippen LogP contribution >= 0.6 is 23.2 Å². The lowest BCUT2D eigenvalue weighted by Gasteiger charge is -2.10. The van der Waals surface area contributed by atoms with Gasteiger partial charge in [0.15, 0.2) is 0 Å². The maximum Gasteiger partial charge on any atom is 0.253 e. The number of halogens is 2. The molecule has 1 saturated carbocycles. The molecule has 0 heterocycles. The molecule has 3 rings (SSSR count). The van der Waals surface area contributed by atoms with Crippen LogP contribution in [0.15, 0.2) is 42.5 Å². The van der Waals surface area contributed by atoms with Crippen molar-refractivity contribution in [2.24, 2.45) is 0 Å². The second kappa shape index (κ2) is 6.59. The summed E-state index contributed by atoms with van der Waals surface area (Å²) in [7, 11) is 0. The first kappa shape index (κ1) is 15.2. The Hall–Kier alpha value is -1.71. The van der Waals surface area contributed by atoms with Crippen molar-refractivity contribution in [3.05, 3.63) is 63.6 Å². The van der Waals surface area contributed by atoms with Gasteiger partial charge in [-0.3, -0.25) is 4.79 Å². The Morgan fingerprint density at radius 3 is 2.55 bits per heavy atom. The molecule has 1 amide bonds. The van der Waals surface area contributed by atoms with Gasteiger partial charge in [0.25, 0.3) is 5.91 Å². The van der Waals surface area contributed by atoms with E-state index in [1.165, 1.54) is 0 Å². The number of carbonyl (C=O) groups excluding carboxylic acids is 1. The minimum absolute atomic E-state index is 0.106. The van der Waals surface area contributed by atoms with E-state index in [0.717, 1.165) is 29.1 Å². The van der Waals surface area contributed by atoms with Crippen LogP contribution in [0.4, 0.5) is 5.69 Å². The van der Waals surface area contributed by atoms with Gasteiger partial charge in [-0.2, -0.15) is 0 Å². The van der Waals surface area contributed by atoms with Gasteiger partial charge in [0.1, 0.15) is 0 Å². The van der Waals surface area contributed by atoms with Crippen LogP contribution in [0.3, 0.4) is 0 Å². The molecule has 0 radical (unpaired) electrons. The molecule has 0 aromatic heterocycles. The van der Waals surface area contributed by atoms with Gasteiger partial charge in [0, 0.05) is 23.3 Å². The zero-order valence-corrected chi connectivity index (χ0v) is 13.4. The monoisotopic (exact) mass is 334 g/mol. The van der Waals surface area contributed by atoms with Gasteiger partial charge in [0.2, 0.25) is 0 Å². The second-order valence-corrected chi connectivity index (χ2v) is 6.20. The molecule has 0 saturated heterocycles. The lowest BCUT2D eigenvalue weighted by molar-refractivity contribution is 0.0951. The fraction of sp³-hybridized carbons (Fsp3) is 0.235. The SMILES string of the molecule is O=C(NC1CC1)c1ccc(NCc2ccccc2Cl)cc1Cl. The van der Waals surface area contributed by atoms with Gasteiger partial charge in [-0.15, -0.1) is 0 Å². The average Bonchev–Trinajstić information content (AvgIpc) is 3.30. The number of anilines is 1. The molecule has 2 aromatic rings. The Labute approximate surface area is 139 Å². The first-order valence-corrected chi connectivity index (χ1v) is 7.97. The van der Waals surface area contributed by atoms with Gasteiger partial charge < -0.3 is 10.6 Å². The van der Waals surface area contributed by atoms with Gasteiger partial charge in [0.05, 0.1) is 10.6 Å². The van der Waals surface area contributed by atoms with Crippen molar-refractivity contribution in [2.75, 3.05) is 5.32 Å². The first-order chi connectivity index (χ1) is 10.6. The van der Waals surface area contributed by atoms with Gasteiger partial charge in [-0.05, 0) is 42.7 Å². The Morgan fingerprint density at radius 1 is 1.09 bits per heavy atom. The molecule has 2 N–H and O–H groups in total. The number of hydrogen-bond donors (Lipinski definition) is 2. The van der Waals surface area contributed by atoms with E-state index in [-0.39, 0.29) is 5.91 Å². The number of carbonyl (C=O) groups is 1. The number of hydrogen-bond acceptors (Lipinski definition) is 2. The van der Waals surface area contributed by atoms with Crippen molar-refractivity contribution < 1.29 is 4.79 Å². The molecule has 3 nitrogen and oxygen atoms in total. The van der Waals surface area contributed by atoms with Crippen LogP contribution in [-0.2, 0) is 6.54 Å². The normalized spacial score (nSPS) is 13.7. The maximum atomic E-state index is 12.0. The zero-order chi connectivity index (χ0) is 15.5. The standard InChI is InChI=1S/C17H16Cl2N2O/c18-15-4-2-1-3-11(15)10-20-13-7-8-14(16(19)9-13)17(22)21-12-5-6-12/h1-4,7-9,12,20H,5-6,10H2,(H,21,22). The summed E-state index contributed by atoms with van der Waals surface area (Å²) in [6.45, 7) is 0.601. The molecule has 0 unspecified atom stereocenters. The topological polar surface area (TPSA) is 41.1 Å². The van der Waals surface area contributed by atoms with E-state index in [9.17, 15) is 4.79 Å². The number of amides is 1. The molecule has 0 aliphatic heterocycles. The quantitative estimate of drug-likeness (QED) is 0.845. The van der Waals surface area contributed by atoms with E-state index in [0.29, 0.717) is 23.2 Å². The van der Waals surface area contributed by atoms with Crippen LogP contribution in [-0.4, -0.2) is 11.9 Å². The van der Waals surface area contributed by atoms with E-state index in [1.807, 2.05) is 30.3 Å². The Kier molecular flexibility index (Phi) is 4.55. The van der Waals surface area contributed by atoms with Gasteiger partial charge in [-0.1, -0.05) is 41.4 Å². The highest BCUT2D eigenvalue weighted by Crippen LogP contribution is 2.24. The lowest BCUT2D eigenvalue weighted by atomic mass is 10.1. The van der Waals surface area contributed by atoms with Crippen molar-refractivity contribution in [2.45, 2.75) is 25.4 Å². The van der Waals surface area contributed by atoms with Crippen molar-refractivity contribution >= 4 is 34.8 Å². The Balaban J connectivity index is 1.66. The fourth-order valence-electron chi connectivity index (χ4n) is 2.14. The minimum Gasteiger partial charge on any atom is -0.381 e. The largest absolute Gasteiger partial charge is 0.381 e.